The van der Waals surface area contributed by atoms with Gasteiger partial charge in [0.15, 0.2) is 0 Å². The lowest BCUT2D eigenvalue weighted by molar-refractivity contribution is 0.438. The summed E-state index contributed by atoms with van der Waals surface area (Å²) in [7, 11) is 0. The summed E-state index contributed by atoms with van der Waals surface area (Å²) >= 11 is 0. The van der Waals surface area contributed by atoms with Crippen LogP contribution in [0.3, 0.4) is 0 Å². The molecule has 0 radical (unpaired) electrons. The van der Waals surface area contributed by atoms with Crippen LogP contribution in [0.25, 0.3) is 43.4 Å². The van der Waals surface area contributed by atoms with E-state index >= 15 is 0 Å². The van der Waals surface area contributed by atoms with E-state index in [0.29, 0.717) is 0 Å². The fourth-order valence-electron chi connectivity index (χ4n) is 7.26. The molecular weight excluding hydrogens is 460 g/mol. The molecule has 0 amide bonds. The number of hydrogen-bond donors (Lipinski definition) is 0. The number of fused-ring (bicyclic) bond motifs is 15. The highest BCUT2D eigenvalue weighted by Crippen LogP contribution is 2.65. The minimum atomic E-state index is -0.496. The molecular formula is C37H22O. The maximum Gasteiger partial charge on any atom is 0.132 e. The van der Waals surface area contributed by atoms with Crippen molar-refractivity contribution in [3.8, 4) is 22.6 Å². The first-order valence-corrected chi connectivity index (χ1v) is 13.2. The Labute approximate surface area is 220 Å². The monoisotopic (exact) mass is 482 g/mol. The van der Waals surface area contributed by atoms with Crippen LogP contribution in [0.5, 0.6) is 11.5 Å². The van der Waals surface area contributed by atoms with Gasteiger partial charge in [0.05, 0.1) is 5.41 Å². The van der Waals surface area contributed by atoms with Crippen LogP contribution >= 0.6 is 0 Å². The maximum absolute atomic E-state index is 6.70. The Hall–Kier alpha value is -4.88. The third kappa shape index (κ3) is 2.33. The van der Waals surface area contributed by atoms with E-state index in [2.05, 4.69) is 133 Å². The van der Waals surface area contributed by atoms with Crippen LogP contribution in [0.15, 0.2) is 133 Å². The molecule has 0 N–H and O–H groups in total. The molecule has 1 heterocycles. The summed E-state index contributed by atoms with van der Waals surface area (Å²) in [6.45, 7) is 0. The highest BCUT2D eigenvalue weighted by atomic mass is 16.5. The molecule has 7 aromatic rings. The molecule has 9 rings (SSSR count). The van der Waals surface area contributed by atoms with E-state index < -0.39 is 5.41 Å². The zero-order valence-electron chi connectivity index (χ0n) is 20.6. The van der Waals surface area contributed by atoms with Crippen molar-refractivity contribution in [3.63, 3.8) is 0 Å². The Balaban J connectivity index is 1.60. The molecule has 1 atom stereocenters. The van der Waals surface area contributed by atoms with Gasteiger partial charge in [0.25, 0.3) is 0 Å². The van der Waals surface area contributed by atoms with E-state index in [-0.39, 0.29) is 0 Å². The predicted octanol–water partition coefficient (Wildman–Crippen LogP) is 9.61. The molecule has 1 spiro atoms. The van der Waals surface area contributed by atoms with E-state index in [1.807, 2.05) is 0 Å². The highest BCUT2D eigenvalue weighted by Gasteiger charge is 2.52. The first-order valence-electron chi connectivity index (χ1n) is 13.2. The van der Waals surface area contributed by atoms with Crippen molar-refractivity contribution in [2.45, 2.75) is 5.41 Å². The van der Waals surface area contributed by atoms with Gasteiger partial charge < -0.3 is 4.74 Å². The van der Waals surface area contributed by atoms with Crippen LogP contribution < -0.4 is 4.74 Å². The van der Waals surface area contributed by atoms with Crippen LogP contribution in [-0.4, -0.2) is 0 Å². The Morgan fingerprint density at radius 1 is 0.421 bits per heavy atom. The summed E-state index contributed by atoms with van der Waals surface area (Å²) in [6, 6.07) is 48.7. The second-order valence-corrected chi connectivity index (χ2v) is 10.4. The quantitative estimate of drug-likeness (QED) is 0.196. The highest BCUT2D eigenvalue weighted by molar-refractivity contribution is 6.19. The molecule has 1 heteroatoms. The van der Waals surface area contributed by atoms with E-state index in [1.54, 1.807) is 0 Å². The van der Waals surface area contributed by atoms with Crippen molar-refractivity contribution in [1.29, 1.82) is 0 Å². The van der Waals surface area contributed by atoms with Gasteiger partial charge in [-0.15, -0.1) is 0 Å². The Kier molecular flexibility index (Phi) is 3.78. The van der Waals surface area contributed by atoms with Crippen LogP contribution in [0.4, 0.5) is 0 Å². The zero-order chi connectivity index (χ0) is 24.8. The summed E-state index contributed by atoms with van der Waals surface area (Å²) in [5, 5.41) is 7.61. The van der Waals surface area contributed by atoms with Crippen LogP contribution in [0.1, 0.15) is 22.3 Å². The standard InChI is InChI=1S/C37H22O/c1-2-12-24-22-34-32(21-23(24)11-1)37(31-19-9-10-20-33(31)38-34)30-18-8-7-17-29(30)35-27-15-5-3-13-25(27)26-14-4-6-16-28(26)36(35)37/h1-22H. The van der Waals surface area contributed by atoms with Crippen molar-refractivity contribution in [3.05, 3.63) is 156 Å². The molecule has 1 aliphatic carbocycles. The van der Waals surface area contributed by atoms with Crippen LogP contribution in [0.2, 0.25) is 0 Å². The van der Waals surface area contributed by atoms with Crippen molar-refractivity contribution in [1.82, 2.24) is 0 Å². The van der Waals surface area contributed by atoms with Crippen LogP contribution in [-0.2, 0) is 5.41 Å². The van der Waals surface area contributed by atoms with Gasteiger partial charge in [-0.3, -0.25) is 0 Å². The minimum absolute atomic E-state index is 0.496. The molecule has 0 bridgehead atoms. The predicted molar refractivity (Wildman–Crippen MR) is 156 cm³/mol. The first-order chi connectivity index (χ1) is 18.9. The van der Waals surface area contributed by atoms with E-state index in [1.165, 1.54) is 65.7 Å². The van der Waals surface area contributed by atoms with Gasteiger partial charge in [0.2, 0.25) is 0 Å². The SMILES string of the molecule is c1ccc2c(c1)Oc1cc3ccccc3cc1C21c2ccccc2-c2c1c1ccccc1c1ccccc21. The van der Waals surface area contributed by atoms with Gasteiger partial charge in [-0.2, -0.15) is 0 Å². The number of ether oxygens (including phenoxy) is 1. The lowest BCUT2D eigenvalue weighted by atomic mass is 9.64. The van der Waals surface area contributed by atoms with Crippen molar-refractivity contribution in [2.24, 2.45) is 0 Å². The van der Waals surface area contributed by atoms with Gasteiger partial charge >= 0.3 is 0 Å². The number of para-hydroxylation sites is 1. The lowest BCUT2D eigenvalue weighted by Crippen LogP contribution is -2.32. The molecule has 1 aliphatic heterocycles. The molecule has 38 heavy (non-hydrogen) atoms. The second kappa shape index (κ2) is 7.12. The van der Waals surface area contributed by atoms with Gasteiger partial charge in [0, 0.05) is 11.1 Å². The Morgan fingerprint density at radius 2 is 1.00 bits per heavy atom. The third-order valence-corrected chi connectivity index (χ3v) is 8.67. The normalized spacial score (nSPS) is 16.7. The number of benzene rings is 7. The minimum Gasteiger partial charge on any atom is -0.457 e. The molecule has 7 aromatic carbocycles. The molecule has 2 aliphatic rings. The summed E-state index contributed by atoms with van der Waals surface area (Å²) in [5.41, 5.74) is 7.25. The van der Waals surface area contributed by atoms with Gasteiger partial charge in [-0.25, -0.2) is 0 Å². The average molecular weight is 483 g/mol. The number of rotatable bonds is 0. The van der Waals surface area contributed by atoms with E-state index in [9.17, 15) is 0 Å². The summed E-state index contributed by atoms with van der Waals surface area (Å²) in [5.74, 6) is 1.86. The topological polar surface area (TPSA) is 9.23 Å². The van der Waals surface area contributed by atoms with Crippen molar-refractivity contribution in [2.75, 3.05) is 0 Å². The fourth-order valence-corrected chi connectivity index (χ4v) is 7.26. The molecule has 1 unspecified atom stereocenters. The van der Waals surface area contributed by atoms with Gasteiger partial charge in [-0.1, -0.05) is 115 Å². The van der Waals surface area contributed by atoms with Crippen LogP contribution in [0, 0.1) is 0 Å². The lowest BCUT2D eigenvalue weighted by Gasteiger charge is -2.40. The average Bonchev–Trinajstić information content (AvgIpc) is 3.29. The molecule has 0 aromatic heterocycles. The van der Waals surface area contributed by atoms with E-state index in [4.69, 9.17) is 4.74 Å². The molecule has 0 fully saturated rings. The Morgan fingerprint density at radius 3 is 1.82 bits per heavy atom. The van der Waals surface area contributed by atoms with Gasteiger partial charge in [-0.05, 0) is 72.8 Å². The molecule has 0 saturated carbocycles. The summed E-state index contributed by atoms with van der Waals surface area (Å²) in [4.78, 5) is 0. The smallest absolute Gasteiger partial charge is 0.132 e. The number of hydrogen-bond acceptors (Lipinski definition) is 1. The maximum atomic E-state index is 6.70. The second-order valence-electron chi connectivity index (χ2n) is 10.4. The molecule has 176 valence electrons. The molecule has 0 saturated heterocycles. The summed E-state index contributed by atoms with van der Waals surface area (Å²) < 4.78 is 6.70. The molecule has 1 nitrogen and oxygen atoms in total. The van der Waals surface area contributed by atoms with Crippen molar-refractivity contribution < 1.29 is 4.74 Å². The summed E-state index contributed by atoms with van der Waals surface area (Å²) in [6.07, 6.45) is 0. The van der Waals surface area contributed by atoms with Gasteiger partial charge in [0.1, 0.15) is 11.5 Å². The fraction of sp³-hybridized carbons (Fsp3) is 0.0270. The third-order valence-electron chi connectivity index (χ3n) is 8.67. The zero-order valence-corrected chi connectivity index (χ0v) is 20.6. The van der Waals surface area contributed by atoms with Crippen molar-refractivity contribution >= 4 is 32.3 Å². The first kappa shape index (κ1) is 20.2. The van der Waals surface area contributed by atoms with E-state index in [0.717, 1.165) is 11.5 Å². The largest absolute Gasteiger partial charge is 0.457 e. The Bertz CT molecular complexity index is 2120.